The fraction of sp³-hybridized carbons (Fsp3) is 0.591. The van der Waals surface area contributed by atoms with Crippen LogP contribution in [-0.2, 0) is 29.6 Å². The third-order valence-corrected chi connectivity index (χ3v) is 8.52. The minimum atomic E-state index is -4.31. The van der Waals surface area contributed by atoms with E-state index in [1.54, 1.807) is 11.9 Å². The maximum atomic E-state index is 13.6. The number of sulfonamides is 2. The van der Waals surface area contributed by atoms with Crippen LogP contribution in [-0.4, -0.2) is 69.3 Å². The summed E-state index contributed by atoms with van der Waals surface area (Å²) in [6.45, 7) is 8.96. The van der Waals surface area contributed by atoms with Crippen LogP contribution in [0.25, 0.3) is 0 Å². The molecule has 0 spiro atoms. The van der Waals surface area contributed by atoms with Crippen LogP contribution in [0.1, 0.15) is 47.0 Å². The predicted octanol–water partition coefficient (Wildman–Crippen LogP) is 1.80. The number of benzene rings is 1. The van der Waals surface area contributed by atoms with Gasteiger partial charge in [0.25, 0.3) is 15.9 Å². The van der Waals surface area contributed by atoms with Gasteiger partial charge in [0.1, 0.15) is 10.7 Å². The maximum absolute atomic E-state index is 13.6. The summed E-state index contributed by atoms with van der Waals surface area (Å²) in [5, 5.41) is 6.29. The van der Waals surface area contributed by atoms with Crippen molar-refractivity contribution in [3.8, 4) is 0 Å². The largest absolute Gasteiger partial charge is 0.341 e. The van der Waals surface area contributed by atoms with E-state index in [0.29, 0.717) is 25.9 Å². The number of hydrogen-bond donors (Lipinski definition) is 2. The molecule has 1 aromatic carbocycles. The van der Waals surface area contributed by atoms with E-state index in [0.717, 1.165) is 18.7 Å². The van der Waals surface area contributed by atoms with Crippen LogP contribution in [0.5, 0.6) is 0 Å². The lowest BCUT2D eigenvalue weighted by Crippen LogP contribution is -2.68. The SMILES string of the molecule is CC(C)(C)CCN1C(=O)C(C2=NS(=O)(=O)c3cc(NS(C)(=O)=O)ccc3N2)C(=O)C2(C)CCCN12. The highest BCUT2D eigenvalue weighted by Gasteiger charge is 2.58. The van der Waals surface area contributed by atoms with Gasteiger partial charge in [0, 0.05) is 18.8 Å². The quantitative estimate of drug-likeness (QED) is 0.554. The van der Waals surface area contributed by atoms with E-state index >= 15 is 0 Å². The molecular weight excluding hydrogens is 494 g/mol. The van der Waals surface area contributed by atoms with Crippen LogP contribution in [0, 0.1) is 11.3 Å². The topological polar surface area (TPSA) is 145 Å². The van der Waals surface area contributed by atoms with E-state index in [-0.39, 0.29) is 33.3 Å². The molecule has 2 atom stereocenters. The van der Waals surface area contributed by atoms with Crippen molar-refractivity contribution in [1.82, 2.24) is 10.0 Å². The first-order chi connectivity index (χ1) is 16.0. The molecule has 13 heteroatoms. The number of fused-ring (bicyclic) bond motifs is 2. The number of carbonyl (C=O) groups excluding carboxylic acids is 2. The second kappa shape index (κ2) is 8.27. The van der Waals surface area contributed by atoms with Crippen molar-refractivity contribution in [2.75, 3.05) is 29.4 Å². The van der Waals surface area contributed by atoms with Gasteiger partial charge in [-0.2, -0.15) is 8.42 Å². The summed E-state index contributed by atoms with van der Waals surface area (Å²) >= 11 is 0. The Morgan fingerprint density at radius 1 is 1.26 bits per heavy atom. The first kappa shape index (κ1) is 25.6. The van der Waals surface area contributed by atoms with Crippen molar-refractivity contribution in [1.29, 1.82) is 0 Å². The van der Waals surface area contributed by atoms with Crippen LogP contribution in [0.4, 0.5) is 11.4 Å². The molecule has 1 aromatic rings. The number of anilines is 2. The van der Waals surface area contributed by atoms with Crippen LogP contribution in [0.2, 0.25) is 0 Å². The van der Waals surface area contributed by atoms with Gasteiger partial charge < -0.3 is 5.32 Å². The van der Waals surface area contributed by atoms with Gasteiger partial charge in [-0.05, 0) is 49.8 Å². The lowest BCUT2D eigenvalue weighted by molar-refractivity contribution is -0.178. The van der Waals surface area contributed by atoms with E-state index in [9.17, 15) is 26.4 Å². The van der Waals surface area contributed by atoms with Crippen LogP contribution in [0.3, 0.4) is 0 Å². The maximum Gasteiger partial charge on any atom is 0.286 e. The van der Waals surface area contributed by atoms with Crippen molar-refractivity contribution in [2.45, 2.75) is 57.4 Å². The van der Waals surface area contributed by atoms with Gasteiger partial charge >= 0.3 is 0 Å². The van der Waals surface area contributed by atoms with Crippen molar-refractivity contribution < 1.29 is 26.4 Å². The van der Waals surface area contributed by atoms with Gasteiger partial charge in [0.15, 0.2) is 11.7 Å². The van der Waals surface area contributed by atoms with Gasteiger partial charge in [-0.3, -0.25) is 19.3 Å². The normalized spacial score (nSPS) is 26.6. The number of hydrazine groups is 1. The molecule has 0 bridgehead atoms. The zero-order valence-corrected chi connectivity index (χ0v) is 22.1. The number of ketones is 1. The van der Waals surface area contributed by atoms with E-state index in [1.165, 1.54) is 12.1 Å². The fourth-order valence-electron chi connectivity index (χ4n) is 4.77. The summed E-state index contributed by atoms with van der Waals surface area (Å²) < 4.78 is 55.2. The molecule has 4 rings (SSSR count). The Bertz CT molecular complexity index is 1330. The van der Waals surface area contributed by atoms with Gasteiger partial charge in [-0.1, -0.05) is 20.8 Å². The fourth-order valence-corrected chi connectivity index (χ4v) is 6.51. The average molecular weight is 526 g/mol. The summed E-state index contributed by atoms with van der Waals surface area (Å²) in [6, 6.07) is 3.93. The Morgan fingerprint density at radius 3 is 2.57 bits per heavy atom. The molecule has 0 aromatic heterocycles. The molecule has 0 aliphatic carbocycles. The monoisotopic (exact) mass is 525 g/mol. The molecule has 2 N–H and O–H groups in total. The summed E-state index contributed by atoms with van der Waals surface area (Å²) in [4.78, 5) is 27.0. The molecule has 2 saturated heterocycles. The van der Waals surface area contributed by atoms with E-state index < -0.39 is 37.4 Å². The molecule has 3 aliphatic rings. The van der Waals surface area contributed by atoms with Gasteiger partial charge in [-0.15, -0.1) is 4.40 Å². The average Bonchev–Trinajstić information content (AvgIpc) is 3.09. The number of carbonyl (C=O) groups is 2. The summed E-state index contributed by atoms with van der Waals surface area (Å²) in [5.41, 5.74) is -0.806. The standard InChI is InChI=1S/C22H31N5O6S2/c1-21(2,3)10-12-26-20(29)17(18(28)22(4)9-6-11-27(22)26)19-23-15-8-7-14(24-34(5,30)31)13-16(15)35(32,33)25-19/h7-8,13,17,24H,6,9-12H2,1-5H3,(H,23,25). The molecule has 35 heavy (non-hydrogen) atoms. The Balaban J connectivity index is 1.72. The number of rotatable bonds is 5. The first-order valence-corrected chi connectivity index (χ1v) is 14.7. The highest BCUT2D eigenvalue weighted by molar-refractivity contribution is 7.92. The van der Waals surface area contributed by atoms with Crippen molar-refractivity contribution in [3.63, 3.8) is 0 Å². The number of nitrogens with zero attached hydrogens (tertiary/aromatic N) is 3. The van der Waals surface area contributed by atoms with E-state index in [1.807, 2.05) is 5.01 Å². The van der Waals surface area contributed by atoms with Crippen molar-refractivity contribution >= 4 is 48.9 Å². The first-order valence-electron chi connectivity index (χ1n) is 11.4. The zero-order valence-electron chi connectivity index (χ0n) is 20.5. The molecule has 3 heterocycles. The minimum Gasteiger partial charge on any atom is -0.341 e. The zero-order chi connectivity index (χ0) is 26.0. The van der Waals surface area contributed by atoms with Crippen LogP contribution in [0.15, 0.2) is 27.5 Å². The molecule has 2 fully saturated rings. The molecule has 192 valence electrons. The Morgan fingerprint density at radius 2 is 1.94 bits per heavy atom. The summed E-state index contributed by atoms with van der Waals surface area (Å²) in [6.07, 6.45) is 2.95. The smallest absolute Gasteiger partial charge is 0.286 e. The minimum absolute atomic E-state index is 0.0477. The van der Waals surface area contributed by atoms with Crippen LogP contribution >= 0.6 is 0 Å². The molecular formula is C22H31N5O6S2. The predicted molar refractivity (Wildman–Crippen MR) is 132 cm³/mol. The van der Waals surface area contributed by atoms with Crippen molar-refractivity contribution in [3.05, 3.63) is 18.2 Å². The summed E-state index contributed by atoms with van der Waals surface area (Å²) in [5.74, 6) is -2.50. The lowest BCUT2D eigenvalue weighted by Gasteiger charge is -2.49. The van der Waals surface area contributed by atoms with Gasteiger partial charge in [0.2, 0.25) is 10.0 Å². The second-order valence-corrected chi connectivity index (χ2v) is 14.1. The van der Waals surface area contributed by atoms with Gasteiger partial charge in [-0.25, -0.2) is 13.4 Å². The lowest BCUT2D eigenvalue weighted by atomic mass is 9.81. The highest BCUT2D eigenvalue weighted by atomic mass is 32.2. The number of Topliss-reactive ketones (excluding diaryl/α,β-unsaturated/α-hetero) is 1. The van der Waals surface area contributed by atoms with Crippen molar-refractivity contribution in [2.24, 2.45) is 15.7 Å². The number of amides is 1. The third kappa shape index (κ3) is 4.81. The summed E-state index contributed by atoms with van der Waals surface area (Å²) in [7, 11) is -7.93. The third-order valence-electron chi connectivity index (χ3n) is 6.58. The second-order valence-electron chi connectivity index (χ2n) is 10.7. The molecule has 3 aliphatic heterocycles. The molecule has 0 saturated carbocycles. The van der Waals surface area contributed by atoms with Crippen LogP contribution < -0.4 is 10.0 Å². The number of nitrogens with one attached hydrogen (secondary N) is 2. The highest BCUT2D eigenvalue weighted by Crippen LogP contribution is 2.41. The molecule has 1 amide bonds. The number of hydrogen-bond acceptors (Lipinski definition) is 8. The Labute approximate surface area is 206 Å². The molecule has 2 unspecified atom stereocenters. The Kier molecular flexibility index (Phi) is 6.05. The van der Waals surface area contributed by atoms with E-state index in [2.05, 4.69) is 35.2 Å². The Hall–Kier alpha value is -2.51. The molecule has 11 nitrogen and oxygen atoms in total. The molecule has 0 radical (unpaired) electrons. The van der Waals surface area contributed by atoms with Gasteiger partial charge in [0.05, 0.1) is 17.5 Å². The number of amidine groups is 1. The van der Waals surface area contributed by atoms with E-state index in [4.69, 9.17) is 0 Å².